The Hall–Kier alpha value is -2.21. The first kappa shape index (κ1) is 17.2. The molecule has 6 nitrogen and oxygen atoms in total. The number of rotatable bonds is 5. The summed E-state index contributed by atoms with van der Waals surface area (Å²) in [5.74, 6) is 0.749. The van der Waals surface area contributed by atoms with E-state index in [0.29, 0.717) is 18.1 Å². The van der Waals surface area contributed by atoms with Gasteiger partial charge in [-0.2, -0.15) is 0 Å². The maximum absolute atomic E-state index is 12.6. The third kappa shape index (κ3) is 3.51. The second kappa shape index (κ2) is 7.58. The van der Waals surface area contributed by atoms with Crippen LogP contribution in [0.5, 0.6) is 0 Å². The van der Waals surface area contributed by atoms with Crippen LogP contribution in [0.2, 0.25) is 0 Å². The third-order valence-corrected chi connectivity index (χ3v) is 5.77. The second-order valence-corrected chi connectivity index (χ2v) is 7.36. The molecule has 1 aliphatic heterocycles. The smallest absolute Gasteiger partial charge is 0.273 e. The summed E-state index contributed by atoms with van der Waals surface area (Å²) in [6, 6.07) is 4.13. The fourth-order valence-electron chi connectivity index (χ4n) is 4.19. The van der Waals surface area contributed by atoms with Gasteiger partial charge in [-0.15, -0.1) is 0 Å². The number of aromatic nitrogens is 2. The van der Waals surface area contributed by atoms with Crippen molar-refractivity contribution in [1.29, 1.82) is 0 Å². The molecule has 6 heteroatoms. The van der Waals surface area contributed by atoms with Gasteiger partial charge in [0.1, 0.15) is 6.26 Å². The Balaban J connectivity index is 1.42. The molecule has 0 radical (unpaired) electrons. The van der Waals surface area contributed by atoms with Crippen LogP contribution in [0.15, 0.2) is 35.2 Å². The van der Waals surface area contributed by atoms with Crippen LogP contribution < -0.4 is 5.32 Å². The van der Waals surface area contributed by atoms with E-state index >= 15 is 0 Å². The molecular formula is C20H25N3O3. The average Bonchev–Trinajstić information content (AvgIpc) is 3.38. The summed E-state index contributed by atoms with van der Waals surface area (Å²) in [6.07, 6.45) is 11.5. The van der Waals surface area contributed by atoms with E-state index in [2.05, 4.69) is 27.4 Å². The van der Waals surface area contributed by atoms with Crippen molar-refractivity contribution in [3.63, 3.8) is 0 Å². The molecular weight excluding hydrogens is 330 g/mol. The summed E-state index contributed by atoms with van der Waals surface area (Å²) < 4.78 is 10.9. The molecule has 1 saturated heterocycles. The number of amides is 1. The summed E-state index contributed by atoms with van der Waals surface area (Å²) in [4.78, 5) is 21.1. The highest BCUT2D eigenvalue weighted by Crippen LogP contribution is 2.40. The lowest BCUT2D eigenvalue weighted by molar-refractivity contribution is 0.0794. The highest BCUT2D eigenvalue weighted by atomic mass is 16.5. The first-order chi connectivity index (χ1) is 12.8. The van der Waals surface area contributed by atoms with Crippen LogP contribution in [0.25, 0.3) is 0 Å². The van der Waals surface area contributed by atoms with Crippen LogP contribution >= 0.6 is 0 Å². The maximum atomic E-state index is 12.6. The summed E-state index contributed by atoms with van der Waals surface area (Å²) >= 11 is 0. The SMILES string of the molecule is O=C(NCC1(c2ccncc2)CCCC1)c1coc(C2CCOCC2)n1. The predicted octanol–water partition coefficient (Wildman–Crippen LogP) is 3.21. The van der Waals surface area contributed by atoms with Crippen LogP contribution in [0, 0.1) is 0 Å². The van der Waals surface area contributed by atoms with Crippen molar-refractivity contribution in [3.05, 3.63) is 47.9 Å². The minimum absolute atomic E-state index is 0.00583. The van der Waals surface area contributed by atoms with Gasteiger partial charge in [0.25, 0.3) is 5.91 Å². The van der Waals surface area contributed by atoms with Gasteiger partial charge in [-0.25, -0.2) is 4.98 Å². The van der Waals surface area contributed by atoms with Crippen molar-refractivity contribution in [2.75, 3.05) is 19.8 Å². The van der Waals surface area contributed by atoms with Gasteiger partial charge >= 0.3 is 0 Å². The normalized spacial score (nSPS) is 20.2. The number of nitrogens with zero attached hydrogens (tertiary/aromatic N) is 2. The third-order valence-electron chi connectivity index (χ3n) is 5.77. The summed E-state index contributed by atoms with van der Waals surface area (Å²) in [5.41, 5.74) is 1.63. The van der Waals surface area contributed by atoms with Gasteiger partial charge in [0.05, 0.1) is 0 Å². The zero-order chi connectivity index (χ0) is 17.8. The molecule has 1 saturated carbocycles. The molecule has 2 fully saturated rings. The summed E-state index contributed by atoms with van der Waals surface area (Å²) in [7, 11) is 0. The molecule has 3 heterocycles. The molecule has 2 aromatic heterocycles. The maximum Gasteiger partial charge on any atom is 0.273 e. The van der Waals surface area contributed by atoms with E-state index in [1.807, 2.05) is 12.4 Å². The fraction of sp³-hybridized carbons (Fsp3) is 0.550. The van der Waals surface area contributed by atoms with Crippen molar-refractivity contribution in [2.24, 2.45) is 0 Å². The minimum atomic E-state index is -0.160. The van der Waals surface area contributed by atoms with E-state index in [1.54, 1.807) is 0 Å². The predicted molar refractivity (Wildman–Crippen MR) is 96.0 cm³/mol. The lowest BCUT2D eigenvalue weighted by Gasteiger charge is -2.29. The van der Waals surface area contributed by atoms with E-state index in [9.17, 15) is 4.79 Å². The molecule has 1 amide bonds. The number of nitrogens with one attached hydrogen (secondary N) is 1. The number of hydrogen-bond donors (Lipinski definition) is 1. The molecule has 26 heavy (non-hydrogen) atoms. The quantitative estimate of drug-likeness (QED) is 0.891. The molecule has 0 atom stereocenters. The molecule has 0 bridgehead atoms. The van der Waals surface area contributed by atoms with E-state index in [-0.39, 0.29) is 17.2 Å². The molecule has 0 aromatic carbocycles. The molecule has 0 spiro atoms. The van der Waals surface area contributed by atoms with Crippen molar-refractivity contribution in [1.82, 2.24) is 15.3 Å². The number of carbonyl (C=O) groups is 1. The summed E-state index contributed by atoms with van der Waals surface area (Å²) in [6.45, 7) is 2.07. The Morgan fingerprint density at radius 1 is 1.19 bits per heavy atom. The molecule has 138 valence electrons. The van der Waals surface area contributed by atoms with Crippen LogP contribution in [0.4, 0.5) is 0 Å². The van der Waals surface area contributed by atoms with Gasteiger partial charge in [0.2, 0.25) is 0 Å². The molecule has 1 N–H and O–H groups in total. The van der Waals surface area contributed by atoms with Crippen molar-refractivity contribution >= 4 is 5.91 Å². The second-order valence-electron chi connectivity index (χ2n) is 7.36. The van der Waals surface area contributed by atoms with Gasteiger partial charge in [0.15, 0.2) is 11.6 Å². The van der Waals surface area contributed by atoms with Gasteiger partial charge in [-0.05, 0) is 43.4 Å². The topological polar surface area (TPSA) is 77.2 Å². The van der Waals surface area contributed by atoms with E-state index in [1.165, 1.54) is 24.7 Å². The van der Waals surface area contributed by atoms with Crippen molar-refractivity contribution < 1.29 is 13.9 Å². The monoisotopic (exact) mass is 355 g/mol. The van der Waals surface area contributed by atoms with Crippen LogP contribution in [0.3, 0.4) is 0 Å². The zero-order valence-electron chi connectivity index (χ0n) is 14.9. The van der Waals surface area contributed by atoms with Gasteiger partial charge in [0, 0.05) is 43.5 Å². The minimum Gasteiger partial charge on any atom is -0.448 e. The largest absolute Gasteiger partial charge is 0.448 e. The Morgan fingerprint density at radius 3 is 2.65 bits per heavy atom. The Labute approximate surface area is 153 Å². The van der Waals surface area contributed by atoms with E-state index in [4.69, 9.17) is 9.15 Å². The summed E-state index contributed by atoms with van der Waals surface area (Å²) in [5, 5.41) is 3.09. The van der Waals surface area contributed by atoms with Crippen LogP contribution in [-0.4, -0.2) is 35.6 Å². The Morgan fingerprint density at radius 2 is 1.92 bits per heavy atom. The van der Waals surface area contributed by atoms with Crippen LogP contribution in [0.1, 0.15) is 66.4 Å². The molecule has 2 aliphatic rings. The number of hydrogen-bond acceptors (Lipinski definition) is 5. The highest BCUT2D eigenvalue weighted by molar-refractivity contribution is 5.92. The molecule has 2 aromatic rings. The van der Waals surface area contributed by atoms with Crippen LogP contribution in [-0.2, 0) is 10.2 Å². The number of pyridine rings is 1. The average molecular weight is 355 g/mol. The lowest BCUT2D eigenvalue weighted by Crippen LogP contribution is -2.39. The van der Waals surface area contributed by atoms with Crippen molar-refractivity contribution in [2.45, 2.75) is 49.9 Å². The Bertz CT molecular complexity index is 732. The zero-order valence-corrected chi connectivity index (χ0v) is 14.9. The van der Waals surface area contributed by atoms with Gasteiger partial charge in [-0.1, -0.05) is 12.8 Å². The lowest BCUT2D eigenvalue weighted by atomic mass is 9.79. The molecule has 0 unspecified atom stereocenters. The standard InChI is InChI=1S/C20H25N3O3/c24-18(17-13-26-19(23-17)15-5-11-25-12-6-15)22-14-20(7-1-2-8-20)16-3-9-21-10-4-16/h3-4,9-10,13,15H,1-2,5-8,11-12,14H2,(H,22,24). The highest BCUT2D eigenvalue weighted by Gasteiger charge is 2.36. The van der Waals surface area contributed by atoms with Crippen molar-refractivity contribution in [3.8, 4) is 0 Å². The molecule has 1 aliphatic carbocycles. The Kier molecular flexibility index (Phi) is 5.02. The van der Waals surface area contributed by atoms with E-state index < -0.39 is 0 Å². The first-order valence-corrected chi connectivity index (χ1v) is 9.49. The number of carbonyl (C=O) groups excluding carboxylic acids is 1. The van der Waals surface area contributed by atoms with Gasteiger partial charge < -0.3 is 14.5 Å². The number of oxazole rings is 1. The van der Waals surface area contributed by atoms with Gasteiger partial charge in [-0.3, -0.25) is 9.78 Å². The van der Waals surface area contributed by atoms with E-state index in [0.717, 1.165) is 38.9 Å². The number of ether oxygens (including phenoxy) is 1. The molecule has 4 rings (SSSR count). The fourth-order valence-corrected chi connectivity index (χ4v) is 4.19. The first-order valence-electron chi connectivity index (χ1n) is 9.49.